The topological polar surface area (TPSA) is 28.2 Å². The molecule has 0 spiro atoms. The van der Waals surface area contributed by atoms with E-state index in [1.807, 2.05) is 18.5 Å². The molecule has 0 radical (unpaired) electrons. The number of pyridine rings is 1. The van der Waals surface area contributed by atoms with Crippen LogP contribution in [0.3, 0.4) is 0 Å². The van der Waals surface area contributed by atoms with Crippen LogP contribution in [0.2, 0.25) is 0 Å². The lowest BCUT2D eigenvalue weighted by Crippen LogP contribution is -2.50. The molecule has 3 heteroatoms. The van der Waals surface area contributed by atoms with Gasteiger partial charge in [0.15, 0.2) is 0 Å². The van der Waals surface area contributed by atoms with Gasteiger partial charge in [0.05, 0.1) is 0 Å². The fourth-order valence-electron chi connectivity index (χ4n) is 3.04. The van der Waals surface area contributed by atoms with Gasteiger partial charge in [0, 0.05) is 31.0 Å². The number of aromatic nitrogens is 1. The SMILES string of the molecule is CCNC1CCCCC1N(C)Cc1cccnc1. The van der Waals surface area contributed by atoms with E-state index in [0.717, 1.165) is 13.1 Å². The van der Waals surface area contributed by atoms with Crippen molar-refractivity contribution in [3.05, 3.63) is 30.1 Å². The predicted octanol–water partition coefficient (Wildman–Crippen LogP) is 2.43. The fourth-order valence-corrected chi connectivity index (χ4v) is 3.04. The van der Waals surface area contributed by atoms with Crippen molar-refractivity contribution in [1.29, 1.82) is 0 Å². The van der Waals surface area contributed by atoms with E-state index in [2.05, 4.69) is 35.2 Å². The highest BCUT2D eigenvalue weighted by Gasteiger charge is 2.27. The Morgan fingerprint density at radius 3 is 2.94 bits per heavy atom. The highest BCUT2D eigenvalue weighted by Crippen LogP contribution is 2.23. The molecule has 0 amide bonds. The van der Waals surface area contributed by atoms with Crippen molar-refractivity contribution in [2.75, 3.05) is 13.6 Å². The maximum absolute atomic E-state index is 4.20. The molecule has 1 aliphatic carbocycles. The van der Waals surface area contributed by atoms with Gasteiger partial charge in [-0.05, 0) is 38.1 Å². The number of likely N-dealkylation sites (N-methyl/N-ethyl adjacent to an activating group) is 2. The number of hydrogen-bond donors (Lipinski definition) is 1. The zero-order chi connectivity index (χ0) is 12.8. The van der Waals surface area contributed by atoms with Crippen LogP contribution in [-0.2, 0) is 6.54 Å². The van der Waals surface area contributed by atoms with Gasteiger partial charge in [-0.3, -0.25) is 9.88 Å². The maximum Gasteiger partial charge on any atom is 0.0312 e. The Kier molecular flexibility index (Phi) is 5.14. The number of rotatable bonds is 5. The van der Waals surface area contributed by atoms with Gasteiger partial charge in [0.25, 0.3) is 0 Å². The number of nitrogens with one attached hydrogen (secondary N) is 1. The molecule has 1 aliphatic rings. The molecule has 2 unspecified atom stereocenters. The molecule has 3 nitrogen and oxygen atoms in total. The smallest absolute Gasteiger partial charge is 0.0312 e. The van der Waals surface area contributed by atoms with Gasteiger partial charge in [-0.15, -0.1) is 0 Å². The van der Waals surface area contributed by atoms with Crippen molar-refractivity contribution in [3.63, 3.8) is 0 Å². The highest BCUT2D eigenvalue weighted by atomic mass is 15.2. The summed E-state index contributed by atoms with van der Waals surface area (Å²) in [4.78, 5) is 6.69. The summed E-state index contributed by atoms with van der Waals surface area (Å²) in [5, 5.41) is 3.64. The second-order valence-corrected chi connectivity index (χ2v) is 5.29. The molecular weight excluding hydrogens is 222 g/mol. The first kappa shape index (κ1) is 13.5. The van der Waals surface area contributed by atoms with E-state index in [0.29, 0.717) is 12.1 Å². The molecule has 1 fully saturated rings. The van der Waals surface area contributed by atoms with Crippen LogP contribution in [0.5, 0.6) is 0 Å². The molecule has 1 heterocycles. The Balaban J connectivity index is 1.95. The van der Waals surface area contributed by atoms with Gasteiger partial charge in [0.2, 0.25) is 0 Å². The van der Waals surface area contributed by atoms with E-state index in [1.54, 1.807) is 0 Å². The van der Waals surface area contributed by atoms with Gasteiger partial charge in [-0.2, -0.15) is 0 Å². The van der Waals surface area contributed by atoms with Crippen LogP contribution in [0.25, 0.3) is 0 Å². The molecule has 2 rings (SSSR count). The van der Waals surface area contributed by atoms with Crippen LogP contribution in [0.1, 0.15) is 38.2 Å². The Bertz CT molecular complexity index is 337. The molecule has 18 heavy (non-hydrogen) atoms. The molecular formula is C15H25N3. The van der Waals surface area contributed by atoms with Crippen LogP contribution in [0.15, 0.2) is 24.5 Å². The first-order chi connectivity index (χ1) is 8.81. The summed E-state index contributed by atoms with van der Waals surface area (Å²) < 4.78 is 0. The Labute approximate surface area is 111 Å². The Morgan fingerprint density at radius 1 is 1.39 bits per heavy atom. The largest absolute Gasteiger partial charge is 0.313 e. The molecule has 100 valence electrons. The van der Waals surface area contributed by atoms with Crippen LogP contribution in [0, 0.1) is 0 Å². The fraction of sp³-hybridized carbons (Fsp3) is 0.667. The monoisotopic (exact) mass is 247 g/mol. The molecule has 1 saturated carbocycles. The molecule has 1 aromatic heterocycles. The van der Waals surface area contributed by atoms with Crippen molar-refractivity contribution < 1.29 is 0 Å². The van der Waals surface area contributed by atoms with E-state index in [-0.39, 0.29) is 0 Å². The molecule has 0 bridgehead atoms. The minimum atomic E-state index is 0.658. The summed E-state index contributed by atoms with van der Waals surface area (Å²) in [6, 6.07) is 5.50. The lowest BCUT2D eigenvalue weighted by Gasteiger charge is -2.38. The van der Waals surface area contributed by atoms with Gasteiger partial charge in [0.1, 0.15) is 0 Å². The van der Waals surface area contributed by atoms with Crippen molar-refractivity contribution in [2.24, 2.45) is 0 Å². The van der Waals surface area contributed by atoms with Crippen LogP contribution in [0.4, 0.5) is 0 Å². The highest BCUT2D eigenvalue weighted by molar-refractivity contribution is 5.08. The third kappa shape index (κ3) is 3.53. The first-order valence-electron chi connectivity index (χ1n) is 7.13. The third-order valence-electron chi connectivity index (χ3n) is 3.92. The molecule has 0 aliphatic heterocycles. The third-order valence-corrected chi connectivity index (χ3v) is 3.92. The summed E-state index contributed by atoms with van der Waals surface area (Å²) in [5.74, 6) is 0. The lowest BCUT2D eigenvalue weighted by molar-refractivity contribution is 0.144. The second kappa shape index (κ2) is 6.86. The minimum absolute atomic E-state index is 0.658. The van der Waals surface area contributed by atoms with E-state index >= 15 is 0 Å². The normalized spacial score (nSPS) is 24.4. The van der Waals surface area contributed by atoms with E-state index < -0.39 is 0 Å². The van der Waals surface area contributed by atoms with Crippen LogP contribution < -0.4 is 5.32 Å². The van der Waals surface area contributed by atoms with E-state index in [1.165, 1.54) is 31.2 Å². The van der Waals surface area contributed by atoms with Gasteiger partial charge in [-0.1, -0.05) is 25.8 Å². The Morgan fingerprint density at radius 2 is 2.22 bits per heavy atom. The maximum atomic E-state index is 4.20. The number of nitrogens with zero attached hydrogens (tertiary/aromatic N) is 2. The molecule has 1 aromatic rings. The van der Waals surface area contributed by atoms with E-state index in [4.69, 9.17) is 0 Å². The van der Waals surface area contributed by atoms with Gasteiger partial charge in [-0.25, -0.2) is 0 Å². The van der Waals surface area contributed by atoms with Gasteiger partial charge >= 0.3 is 0 Å². The summed E-state index contributed by atoms with van der Waals surface area (Å²) in [6.07, 6.45) is 9.18. The van der Waals surface area contributed by atoms with Crippen molar-refractivity contribution in [3.8, 4) is 0 Å². The van der Waals surface area contributed by atoms with Crippen LogP contribution in [-0.4, -0.2) is 35.6 Å². The molecule has 1 N–H and O–H groups in total. The molecule has 0 saturated heterocycles. The first-order valence-corrected chi connectivity index (χ1v) is 7.13. The average Bonchev–Trinajstić information content (AvgIpc) is 2.41. The van der Waals surface area contributed by atoms with Gasteiger partial charge < -0.3 is 5.32 Å². The lowest BCUT2D eigenvalue weighted by atomic mass is 9.89. The number of hydrogen-bond acceptors (Lipinski definition) is 3. The molecule has 0 aromatic carbocycles. The standard InChI is InChI=1S/C15H25N3/c1-3-17-14-8-4-5-9-15(14)18(2)12-13-7-6-10-16-11-13/h6-7,10-11,14-15,17H,3-5,8-9,12H2,1-2H3. The van der Waals surface area contributed by atoms with Crippen molar-refractivity contribution in [2.45, 2.75) is 51.2 Å². The summed E-state index contributed by atoms with van der Waals surface area (Å²) in [7, 11) is 2.24. The average molecular weight is 247 g/mol. The Hall–Kier alpha value is -0.930. The summed E-state index contributed by atoms with van der Waals surface area (Å²) in [6.45, 7) is 4.27. The summed E-state index contributed by atoms with van der Waals surface area (Å²) in [5.41, 5.74) is 1.31. The summed E-state index contributed by atoms with van der Waals surface area (Å²) >= 11 is 0. The van der Waals surface area contributed by atoms with Crippen LogP contribution >= 0.6 is 0 Å². The van der Waals surface area contributed by atoms with E-state index in [9.17, 15) is 0 Å². The zero-order valence-electron chi connectivity index (χ0n) is 11.6. The van der Waals surface area contributed by atoms with Crippen molar-refractivity contribution >= 4 is 0 Å². The predicted molar refractivity (Wildman–Crippen MR) is 75.4 cm³/mol. The minimum Gasteiger partial charge on any atom is -0.313 e. The second-order valence-electron chi connectivity index (χ2n) is 5.29. The zero-order valence-corrected chi connectivity index (χ0v) is 11.6. The molecule has 2 atom stereocenters. The quantitative estimate of drug-likeness (QED) is 0.866. The van der Waals surface area contributed by atoms with Crippen molar-refractivity contribution in [1.82, 2.24) is 15.2 Å².